The average Bonchev–Trinajstić information content (AvgIpc) is 3.11. The summed E-state index contributed by atoms with van der Waals surface area (Å²) in [5.74, 6) is 2.25. The highest BCUT2D eigenvalue weighted by atomic mass is 16.2. The highest BCUT2D eigenvalue weighted by molar-refractivity contribution is 5.82. The molecule has 4 unspecified atom stereocenters. The van der Waals surface area contributed by atoms with Gasteiger partial charge in [0.15, 0.2) is 0 Å². The van der Waals surface area contributed by atoms with Crippen LogP contribution in [-0.4, -0.2) is 49.1 Å². The summed E-state index contributed by atoms with van der Waals surface area (Å²) in [6.07, 6.45) is 5.09. The highest BCUT2D eigenvalue weighted by Crippen LogP contribution is 2.37. The second-order valence-electron chi connectivity index (χ2n) is 7.23. The second kappa shape index (κ2) is 6.02. The first kappa shape index (κ1) is 14.3. The second-order valence-corrected chi connectivity index (χ2v) is 7.23. The first-order valence-electron chi connectivity index (χ1n) is 8.40. The standard InChI is InChI=1S/C16H29N3O/c1-11(2)19-7-6-12(10-19)8-18-16(20)15-14-5-3-4-13(14)9-17-15/h11-15,17H,3-10H2,1-2H3,(H,18,20). The molecule has 2 heterocycles. The molecule has 0 bridgehead atoms. The van der Waals surface area contributed by atoms with Crippen LogP contribution in [-0.2, 0) is 4.79 Å². The van der Waals surface area contributed by atoms with Crippen molar-refractivity contribution < 1.29 is 4.79 Å². The van der Waals surface area contributed by atoms with E-state index in [4.69, 9.17) is 0 Å². The van der Waals surface area contributed by atoms with E-state index in [-0.39, 0.29) is 11.9 Å². The fraction of sp³-hybridized carbons (Fsp3) is 0.938. The molecule has 1 saturated carbocycles. The lowest BCUT2D eigenvalue weighted by atomic mass is 9.93. The molecule has 4 heteroatoms. The van der Waals surface area contributed by atoms with E-state index in [9.17, 15) is 4.79 Å². The van der Waals surface area contributed by atoms with Crippen molar-refractivity contribution in [1.82, 2.24) is 15.5 Å². The topological polar surface area (TPSA) is 44.4 Å². The minimum Gasteiger partial charge on any atom is -0.354 e. The molecule has 2 aliphatic heterocycles. The Morgan fingerprint density at radius 3 is 2.95 bits per heavy atom. The van der Waals surface area contributed by atoms with Crippen LogP contribution in [0.15, 0.2) is 0 Å². The Balaban J connectivity index is 1.44. The lowest BCUT2D eigenvalue weighted by Gasteiger charge is -2.21. The van der Waals surface area contributed by atoms with Crippen LogP contribution in [0.1, 0.15) is 39.5 Å². The van der Waals surface area contributed by atoms with Gasteiger partial charge in [0.25, 0.3) is 0 Å². The average molecular weight is 279 g/mol. The van der Waals surface area contributed by atoms with Crippen LogP contribution in [0.25, 0.3) is 0 Å². The van der Waals surface area contributed by atoms with Gasteiger partial charge in [0.1, 0.15) is 0 Å². The zero-order valence-corrected chi connectivity index (χ0v) is 12.9. The van der Waals surface area contributed by atoms with Gasteiger partial charge in [-0.25, -0.2) is 0 Å². The predicted octanol–water partition coefficient (Wildman–Crippen LogP) is 1.22. The molecular formula is C16H29N3O. The first-order chi connectivity index (χ1) is 9.65. The third kappa shape index (κ3) is 2.86. The van der Waals surface area contributed by atoms with Gasteiger partial charge in [0.2, 0.25) is 5.91 Å². The maximum atomic E-state index is 12.4. The zero-order chi connectivity index (χ0) is 14.1. The van der Waals surface area contributed by atoms with Crippen LogP contribution in [0.3, 0.4) is 0 Å². The predicted molar refractivity (Wildman–Crippen MR) is 80.4 cm³/mol. The van der Waals surface area contributed by atoms with Gasteiger partial charge in [-0.15, -0.1) is 0 Å². The van der Waals surface area contributed by atoms with Crippen molar-refractivity contribution in [3.05, 3.63) is 0 Å². The van der Waals surface area contributed by atoms with Crippen LogP contribution in [0.5, 0.6) is 0 Å². The van der Waals surface area contributed by atoms with E-state index in [1.807, 2.05) is 0 Å². The third-order valence-electron chi connectivity index (χ3n) is 5.64. The Morgan fingerprint density at radius 2 is 2.20 bits per heavy atom. The lowest BCUT2D eigenvalue weighted by Crippen LogP contribution is -2.45. The smallest absolute Gasteiger partial charge is 0.237 e. The highest BCUT2D eigenvalue weighted by Gasteiger charge is 2.42. The molecule has 3 rings (SSSR count). The molecule has 0 aromatic heterocycles. The van der Waals surface area contributed by atoms with Crippen molar-refractivity contribution in [1.29, 1.82) is 0 Å². The van der Waals surface area contributed by atoms with Gasteiger partial charge in [-0.2, -0.15) is 0 Å². The molecule has 3 aliphatic rings. The number of likely N-dealkylation sites (tertiary alicyclic amines) is 1. The van der Waals surface area contributed by atoms with Gasteiger partial charge < -0.3 is 15.5 Å². The van der Waals surface area contributed by atoms with E-state index in [0.717, 1.165) is 25.6 Å². The summed E-state index contributed by atoms with van der Waals surface area (Å²) in [5, 5.41) is 6.65. The number of nitrogens with zero attached hydrogens (tertiary/aromatic N) is 1. The molecule has 4 nitrogen and oxygen atoms in total. The van der Waals surface area contributed by atoms with E-state index in [1.165, 1.54) is 32.2 Å². The van der Waals surface area contributed by atoms with E-state index >= 15 is 0 Å². The summed E-state index contributed by atoms with van der Waals surface area (Å²) in [7, 11) is 0. The molecule has 0 aromatic carbocycles. The number of carbonyl (C=O) groups excluding carboxylic acids is 1. The largest absolute Gasteiger partial charge is 0.354 e. The van der Waals surface area contributed by atoms with Crippen molar-refractivity contribution in [3.63, 3.8) is 0 Å². The fourth-order valence-electron chi connectivity index (χ4n) is 4.33. The Hall–Kier alpha value is -0.610. The Morgan fingerprint density at radius 1 is 1.35 bits per heavy atom. The SMILES string of the molecule is CC(C)N1CCC(CNC(=O)C2NCC3CCCC32)C1. The van der Waals surface area contributed by atoms with Crippen LogP contribution >= 0.6 is 0 Å². The van der Waals surface area contributed by atoms with Crippen LogP contribution in [0.4, 0.5) is 0 Å². The number of hydrogen-bond acceptors (Lipinski definition) is 3. The number of carbonyl (C=O) groups is 1. The maximum Gasteiger partial charge on any atom is 0.237 e. The third-order valence-corrected chi connectivity index (χ3v) is 5.64. The van der Waals surface area contributed by atoms with Crippen molar-refractivity contribution in [2.24, 2.45) is 17.8 Å². The molecule has 0 radical (unpaired) electrons. The Bertz CT molecular complexity index is 358. The van der Waals surface area contributed by atoms with Crippen molar-refractivity contribution in [3.8, 4) is 0 Å². The zero-order valence-electron chi connectivity index (χ0n) is 12.9. The molecule has 1 aliphatic carbocycles. The normalized spacial score (nSPS) is 37.5. The number of hydrogen-bond donors (Lipinski definition) is 2. The summed E-state index contributed by atoms with van der Waals surface area (Å²) in [4.78, 5) is 14.9. The summed E-state index contributed by atoms with van der Waals surface area (Å²) < 4.78 is 0. The lowest BCUT2D eigenvalue weighted by molar-refractivity contribution is -0.123. The van der Waals surface area contributed by atoms with Crippen LogP contribution < -0.4 is 10.6 Å². The monoisotopic (exact) mass is 279 g/mol. The molecule has 20 heavy (non-hydrogen) atoms. The molecule has 1 amide bonds. The fourth-order valence-corrected chi connectivity index (χ4v) is 4.33. The number of rotatable bonds is 4. The van der Waals surface area contributed by atoms with Crippen molar-refractivity contribution in [2.45, 2.75) is 51.6 Å². The molecule has 114 valence electrons. The Kier molecular flexibility index (Phi) is 4.32. The Labute approximate surface area is 122 Å². The van der Waals surface area contributed by atoms with Crippen molar-refractivity contribution in [2.75, 3.05) is 26.2 Å². The van der Waals surface area contributed by atoms with E-state index in [1.54, 1.807) is 0 Å². The van der Waals surface area contributed by atoms with Gasteiger partial charge in [-0.3, -0.25) is 4.79 Å². The van der Waals surface area contributed by atoms with Crippen molar-refractivity contribution >= 4 is 5.91 Å². The van der Waals surface area contributed by atoms with E-state index < -0.39 is 0 Å². The molecule has 2 N–H and O–H groups in total. The van der Waals surface area contributed by atoms with Crippen LogP contribution in [0, 0.1) is 17.8 Å². The quantitative estimate of drug-likeness (QED) is 0.813. The number of amides is 1. The van der Waals surface area contributed by atoms with Gasteiger partial charge in [0, 0.05) is 19.1 Å². The summed E-state index contributed by atoms with van der Waals surface area (Å²) in [5.41, 5.74) is 0. The first-order valence-corrected chi connectivity index (χ1v) is 8.40. The van der Waals surface area contributed by atoms with Crippen LogP contribution in [0.2, 0.25) is 0 Å². The molecule has 0 aromatic rings. The number of nitrogens with one attached hydrogen (secondary N) is 2. The minimum absolute atomic E-state index is 0.0881. The van der Waals surface area contributed by atoms with E-state index in [0.29, 0.717) is 17.9 Å². The molecule has 3 fully saturated rings. The van der Waals surface area contributed by atoms with Gasteiger partial charge in [0.05, 0.1) is 6.04 Å². The summed E-state index contributed by atoms with van der Waals surface area (Å²) in [6.45, 7) is 8.74. The summed E-state index contributed by atoms with van der Waals surface area (Å²) in [6, 6.07) is 0.719. The van der Waals surface area contributed by atoms with E-state index in [2.05, 4.69) is 29.4 Å². The van der Waals surface area contributed by atoms with Gasteiger partial charge >= 0.3 is 0 Å². The summed E-state index contributed by atoms with van der Waals surface area (Å²) >= 11 is 0. The molecular weight excluding hydrogens is 250 g/mol. The molecule has 4 atom stereocenters. The van der Waals surface area contributed by atoms with Gasteiger partial charge in [-0.05, 0) is 64.0 Å². The maximum absolute atomic E-state index is 12.4. The number of fused-ring (bicyclic) bond motifs is 1. The minimum atomic E-state index is 0.0881. The molecule has 2 saturated heterocycles. The molecule has 0 spiro atoms. The van der Waals surface area contributed by atoms with Gasteiger partial charge in [-0.1, -0.05) is 6.42 Å².